The molecule has 0 bridgehead atoms. The second-order valence-electron chi connectivity index (χ2n) is 6.66. The third kappa shape index (κ3) is 3.64. The first-order chi connectivity index (χ1) is 12.5. The molecule has 3 rings (SSSR count). The number of hydrogen-bond acceptors (Lipinski definition) is 3. The number of rotatable bonds is 6. The lowest BCUT2D eigenvalue weighted by Crippen LogP contribution is -2.06. The van der Waals surface area contributed by atoms with E-state index in [4.69, 9.17) is 9.72 Å². The Kier molecular flexibility index (Phi) is 5.40. The van der Waals surface area contributed by atoms with Gasteiger partial charge in [0.05, 0.1) is 17.6 Å². The van der Waals surface area contributed by atoms with Gasteiger partial charge < -0.3 is 4.74 Å². The number of ether oxygens (including phenoxy) is 1. The van der Waals surface area contributed by atoms with Crippen molar-refractivity contribution in [1.82, 2.24) is 9.55 Å². The van der Waals surface area contributed by atoms with E-state index in [-0.39, 0.29) is 5.97 Å². The minimum absolute atomic E-state index is 0.148. The summed E-state index contributed by atoms with van der Waals surface area (Å²) < 4.78 is 7.41. The van der Waals surface area contributed by atoms with E-state index in [0.717, 1.165) is 41.0 Å². The fourth-order valence-electron chi connectivity index (χ4n) is 3.29. The van der Waals surface area contributed by atoms with E-state index in [2.05, 4.69) is 61.7 Å². The SMILES string of the molecule is CCC(=O)OCCc1ccc(-n2c(CC)nc3c(C)cc(C)cc32)cc1. The van der Waals surface area contributed by atoms with E-state index in [0.29, 0.717) is 13.0 Å². The molecule has 0 aliphatic heterocycles. The maximum absolute atomic E-state index is 11.2. The predicted octanol–water partition coefficient (Wildman–Crippen LogP) is 4.70. The highest BCUT2D eigenvalue weighted by Crippen LogP contribution is 2.26. The first kappa shape index (κ1) is 18.2. The molecule has 0 aliphatic carbocycles. The lowest BCUT2D eigenvalue weighted by molar-refractivity contribution is -0.143. The lowest BCUT2D eigenvalue weighted by Gasteiger charge is -2.10. The number of carbonyl (C=O) groups excluding carboxylic acids is 1. The van der Waals surface area contributed by atoms with Crippen LogP contribution in [0.5, 0.6) is 0 Å². The smallest absolute Gasteiger partial charge is 0.305 e. The van der Waals surface area contributed by atoms with Gasteiger partial charge in [0, 0.05) is 24.9 Å². The molecule has 3 aromatic rings. The van der Waals surface area contributed by atoms with E-state index in [1.54, 1.807) is 6.92 Å². The Bertz CT molecular complexity index is 923. The van der Waals surface area contributed by atoms with Crippen molar-refractivity contribution in [1.29, 1.82) is 0 Å². The van der Waals surface area contributed by atoms with E-state index >= 15 is 0 Å². The third-order valence-corrected chi connectivity index (χ3v) is 4.62. The average molecular weight is 350 g/mol. The monoisotopic (exact) mass is 350 g/mol. The van der Waals surface area contributed by atoms with Crippen LogP contribution in [0.1, 0.15) is 42.8 Å². The van der Waals surface area contributed by atoms with Gasteiger partial charge in [-0.15, -0.1) is 0 Å². The minimum atomic E-state index is -0.148. The van der Waals surface area contributed by atoms with Gasteiger partial charge in [-0.25, -0.2) is 4.98 Å². The molecule has 0 spiro atoms. The average Bonchev–Trinajstić information content (AvgIpc) is 3.01. The Morgan fingerprint density at radius 2 is 1.85 bits per heavy atom. The number of aromatic nitrogens is 2. The Labute approximate surface area is 154 Å². The summed E-state index contributed by atoms with van der Waals surface area (Å²) in [5.74, 6) is 0.920. The molecule has 136 valence electrons. The maximum Gasteiger partial charge on any atom is 0.305 e. The van der Waals surface area contributed by atoms with Crippen molar-refractivity contribution in [2.45, 2.75) is 47.0 Å². The van der Waals surface area contributed by atoms with Crippen LogP contribution in [-0.2, 0) is 22.4 Å². The molecule has 1 heterocycles. The summed E-state index contributed by atoms with van der Waals surface area (Å²) in [6, 6.07) is 12.8. The van der Waals surface area contributed by atoms with Crippen LogP contribution in [0, 0.1) is 13.8 Å². The number of esters is 1. The van der Waals surface area contributed by atoms with Crippen LogP contribution in [0.15, 0.2) is 36.4 Å². The molecule has 0 unspecified atom stereocenters. The summed E-state index contributed by atoms with van der Waals surface area (Å²) in [6.45, 7) is 8.61. The summed E-state index contributed by atoms with van der Waals surface area (Å²) in [5, 5.41) is 0. The highest BCUT2D eigenvalue weighted by Gasteiger charge is 2.13. The topological polar surface area (TPSA) is 44.1 Å². The molecule has 0 radical (unpaired) electrons. The Morgan fingerprint density at radius 3 is 2.50 bits per heavy atom. The van der Waals surface area contributed by atoms with Crippen LogP contribution < -0.4 is 0 Å². The largest absolute Gasteiger partial charge is 0.465 e. The number of aryl methyl sites for hydroxylation is 3. The standard InChI is InChI=1S/C22H26N2O2/c1-5-20-23-22-16(4)13-15(3)14-19(22)24(20)18-9-7-17(8-10-18)11-12-26-21(25)6-2/h7-10,13-14H,5-6,11-12H2,1-4H3. The van der Waals surface area contributed by atoms with Gasteiger partial charge in [0.25, 0.3) is 0 Å². The zero-order chi connectivity index (χ0) is 18.7. The zero-order valence-electron chi connectivity index (χ0n) is 16.0. The van der Waals surface area contributed by atoms with Crippen molar-refractivity contribution in [3.05, 3.63) is 58.9 Å². The van der Waals surface area contributed by atoms with Crippen LogP contribution in [0.4, 0.5) is 0 Å². The molecule has 1 aromatic heterocycles. The van der Waals surface area contributed by atoms with E-state index in [9.17, 15) is 4.79 Å². The van der Waals surface area contributed by atoms with E-state index < -0.39 is 0 Å². The molecule has 0 saturated heterocycles. The molecule has 2 aromatic carbocycles. The molecule has 0 fully saturated rings. The van der Waals surface area contributed by atoms with Gasteiger partial charge in [-0.05, 0) is 48.7 Å². The second kappa shape index (κ2) is 7.73. The number of carbonyl (C=O) groups is 1. The summed E-state index contributed by atoms with van der Waals surface area (Å²) in [7, 11) is 0. The summed E-state index contributed by atoms with van der Waals surface area (Å²) in [6.07, 6.45) is 2.03. The first-order valence-electron chi connectivity index (χ1n) is 9.27. The summed E-state index contributed by atoms with van der Waals surface area (Å²) >= 11 is 0. The quantitative estimate of drug-likeness (QED) is 0.605. The Morgan fingerprint density at radius 1 is 1.12 bits per heavy atom. The van der Waals surface area contributed by atoms with Crippen molar-refractivity contribution < 1.29 is 9.53 Å². The highest BCUT2D eigenvalue weighted by atomic mass is 16.5. The van der Waals surface area contributed by atoms with Crippen molar-refractivity contribution in [3.8, 4) is 5.69 Å². The lowest BCUT2D eigenvalue weighted by atomic mass is 10.1. The minimum Gasteiger partial charge on any atom is -0.465 e. The third-order valence-electron chi connectivity index (χ3n) is 4.62. The van der Waals surface area contributed by atoms with Crippen molar-refractivity contribution >= 4 is 17.0 Å². The van der Waals surface area contributed by atoms with E-state index in [1.807, 2.05) is 0 Å². The number of benzene rings is 2. The molecule has 0 N–H and O–H groups in total. The molecule has 0 saturated carbocycles. The molecular weight excluding hydrogens is 324 g/mol. The van der Waals surface area contributed by atoms with Crippen LogP contribution in [0.2, 0.25) is 0 Å². The number of nitrogens with zero attached hydrogens (tertiary/aromatic N) is 2. The van der Waals surface area contributed by atoms with Gasteiger partial charge in [0.1, 0.15) is 5.82 Å². The highest BCUT2D eigenvalue weighted by molar-refractivity contribution is 5.82. The summed E-state index contributed by atoms with van der Waals surface area (Å²) in [5.41, 5.74) is 6.96. The van der Waals surface area contributed by atoms with Gasteiger partial charge in [0.15, 0.2) is 0 Å². The van der Waals surface area contributed by atoms with Gasteiger partial charge >= 0.3 is 5.97 Å². The van der Waals surface area contributed by atoms with Crippen LogP contribution in [-0.4, -0.2) is 22.1 Å². The van der Waals surface area contributed by atoms with Crippen molar-refractivity contribution in [2.75, 3.05) is 6.61 Å². The summed E-state index contributed by atoms with van der Waals surface area (Å²) in [4.78, 5) is 16.1. The molecule has 0 aliphatic rings. The molecule has 0 amide bonds. The molecule has 26 heavy (non-hydrogen) atoms. The number of imidazole rings is 1. The molecule has 4 nitrogen and oxygen atoms in total. The first-order valence-corrected chi connectivity index (χ1v) is 9.27. The predicted molar refractivity (Wildman–Crippen MR) is 105 cm³/mol. The van der Waals surface area contributed by atoms with Crippen molar-refractivity contribution in [2.24, 2.45) is 0 Å². The van der Waals surface area contributed by atoms with E-state index in [1.165, 1.54) is 11.1 Å². The fourth-order valence-corrected chi connectivity index (χ4v) is 3.29. The number of hydrogen-bond donors (Lipinski definition) is 0. The Balaban J connectivity index is 1.90. The normalized spacial score (nSPS) is 11.1. The molecule has 0 atom stereocenters. The molecule has 4 heteroatoms. The Hall–Kier alpha value is -2.62. The van der Waals surface area contributed by atoms with Gasteiger partial charge in [-0.1, -0.05) is 32.0 Å². The van der Waals surface area contributed by atoms with Gasteiger partial charge in [0.2, 0.25) is 0 Å². The van der Waals surface area contributed by atoms with Gasteiger partial charge in [-0.3, -0.25) is 9.36 Å². The van der Waals surface area contributed by atoms with Crippen LogP contribution >= 0.6 is 0 Å². The van der Waals surface area contributed by atoms with Crippen LogP contribution in [0.25, 0.3) is 16.7 Å². The van der Waals surface area contributed by atoms with Crippen molar-refractivity contribution in [3.63, 3.8) is 0 Å². The maximum atomic E-state index is 11.2. The second-order valence-corrected chi connectivity index (χ2v) is 6.66. The fraction of sp³-hybridized carbons (Fsp3) is 0.364. The zero-order valence-corrected chi connectivity index (χ0v) is 16.0. The van der Waals surface area contributed by atoms with Crippen LogP contribution in [0.3, 0.4) is 0 Å². The number of fused-ring (bicyclic) bond motifs is 1. The molecular formula is C22H26N2O2. The van der Waals surface area contributed by atoms with Gasteiger partial charge in [-0.2, -0.15) is 0 Å².